The molecule has 0 heterocycles. The maximum absolute atomic E-state index is 11.3. The highest BCUT2D eigenvalue weighted by atomic mass is 32.2. The lowest BCUT2D eigenvalue weighted by Gasteiger charge is -2.38. The average Bonchev–Trinajstić information content (AvgIpc) is 1.83. The second-order valence-corrected chi connectivity index (χ2v) is 5.68. The Balaban J connectivity index is 2.49. The zero-order chi connectivity index (χ0) is 9.24. The van der Waals surface area contributed by atoms with Gasteiger partial charge in [0.1, 0.15) is 0 Å². The normalized spacial score (nSPS) is 21.8. The monoisotopic (exact) mass is 191 g/mol. The van der Waals surface area contributed by atoms with E-state index in [1.807, 2.05) is 13.8 Å². The minimum Gasteiger partial charge on any atom is -0.212 e. The zero-order valence-corrected chi connectivity index (χ0v) is 8.58. The Morgan fingerprint density at radius 3 is 2.33 bits per heavy atom. The van der Waals surface area contributed by atoms with Crippen LogP contribution in [-0.2, 0) is 10.0 Å². The second-order valence-electron chi connectivity index (χ2n) is 3.84. The van der Waals surface area contributed by atoms with Gasteiger partial charge in [-0.3, -0.25) is 0 Å². The Labute approximate surface area is 74.6 Å². The van der Waals surface area contributed by atoms with Crippen molar-refractivity contribution in [3.05, 3.63) is 0 Å². The Hall–Kier alpha value is -0.0900. The molecule has 0 radical (unpaired) electrons. The Morgan fingerprint density at radius 2 is 2.00 bits per heavy atom. The maximum Gasteiger partial charge on any atom is 0.212 e. The van der Waals surface area contributed by atoms with Crippen molar-refractivity contribution in [2.75, 3.05) is 5.75 Å². The van der Waals surface area contributed by atoms with Crippen LogP contribution in [0.2, 0.25) is 0 Å². The molecular formula is C8H17NO2S. The first-order valence-electron chi connectivity index (χ1n) is 4.49. The van der Waals surface area contributed by atoms with E-state index >= 15 is 0 Å². The molecule has 0 spiro atoms. The number of hydrogen-bond donors (Lipinski definition) is 1. The quantitative estimate of drug-likeness (QED) is 0.727. The summed E-state index contributed by atoms with van der Waals surface area (Å²) in [5, 5.41) is 0. The molecule has 0 aliphatic heterocycles. The van der Waals surface area contributed by atoms with Gasteiger partial charge in [-0.2, -0.15) is 0 Å². The van der Waals surface area contributed by atoms with E-state index in [9.17, 15) is 8.42 Å². The highest BCUT2D eigenvalue weighted by molar-refractivity contribution is 7.89. The molecule has 0 amide bonds. The minimum absolute atomic E-state index is 0.131. The summed E-state index contributed by atoms with van der Waals surface area (Å²) in [5.41, 5.74) is -0.131. The van der Waals surface area contributed by atoms with Crippen molar-refractivity contribution in [1.29, 1.82) is 0 Å². The molecule has 72 valence electrons. The van der Waals surface area contributed by atoms with Crippen molar-refractivity contribution in [2.45, 2.75) is 45.1 Å². The van der Waals surface area contributed by atoms with E-state index in [1.165, 1.54) is 0 Å². The van der Waals surface area contributed by atoms with Crippen molar-refractivity contribution in [3.8, 4) is 0 Å². The number of nitrogens with one attached hydrogen (secondary N) is 1. The van der Waals surface area contributed by atoms with Gasteiger partial charge < -0.3 is 0 Å². The highest BCUT2D eigenvalue weighted by Crippen LogP contribution is 2.31. The van der Waals surface area contributed by atoms with Gasteiger partial charge in [0.05, 0.1) is 5.75 Å². The SMILES string of the molecule is CCCS(=O)(=O)NC1(C)CCC1. The lowest BCUT2D eigenvalue weighted by molar-refractivity contribution is 0.248. The van der Waals surface area contributed by atoms with Crippen LogP contribution in [0.1, 0.15) is 39.5 Å². The van der Waals surface area contributed by atoms with Crippen LogP contribution in [0.3, 0.4) is 0 Å². The Bertz CT molecular complexity index is 242. The van der Waals surface area contributed by atoms with Crippen molar-refractivity contribution >= 4 is 10.0 Å². The predicted molar refractivity (Wildman–Crippen MR) is 49.5 cm³/mol. The third-order valence-electron chi connectivity index (χ3n) is 2.33. The lowest BCUT2D eigenvalue weighted by Crippen LogP contribution is -2.51. The Morgan fingerprint density at radius 1 is 1.42 bits per heavy atom. The van der Waals surface area contributed by atoms with Gasteiger partial charge >= 0.3 is 0 Å². The minimum atomic E-state index is -3.00. The topological polar surface area (TPSA) is 46.2 Å². The fraction of sp³-hybridized carbons (Fsp3) is 1.00. The van der Waals surface area contributed by atoms with E-state index in [0.717, 1.165) is 19.3 Å². The zero-order valence-electron chi connectivity index (χ0n) is 7.76. The summed E-state index contributed by atoms with van der Waals surface area (Å²) >= 11 is 0. The first kappa shape index (κ1) is 9.99. The van der Waals surface area contributed by atoms with Gasteiger partial charge in [0.2, 0.25) is 10.0 Å². The van der Waals surface area contributed by atoms with E-state index in [-0.39, 0.29) is 11.3 Å². The van der Waals surface area contributed by atoms with Crippen LogP contribution in [0, 0.1) is 0 Å². The van der Waals surface area contributed by atoms with Crippen LogP contribution < -0.4 is 4.72 Å². The fourth-order valence-electron chi connectivity index (χ4n) is 1.50. The van der Waals surface area contributed by atoms with Gasteiger partial charge in [-0.05, 0) is 32.6 Å². The van der Waals surface area contributed by atoms with Crippen LogP contribution >= 0.6 is 0 Å². The molecule has 0 unspecified atom stereocenters. The predicted octanol–water partition coefficient (Wildman–Crippen LogP) is 1.26. The summed E-state index contributed by atoms with van der Waals surface area (Å²) < 4.78 is 25.4. The molecule has 0 saturated heterocycles. The highest BCUT2D eigenvalue weighted by Gasteiger charge is 2.35. The van der Waals surface area contributed by atoms with Crippen molar-refractivity contribution in [2.24, 2.45) is 0 Å². The molecule has 1 rings (SSSR count). The van der Waals surface area contributed by atoms with Crippen LogP contribution in [0.15, 0.2) is 0 Å². The van der Waals surface area contributed by atoms with Crippen LogP contribution in [0.5, 0.6) is 0 Å². The summed E-state index contributed by atoms with van der Waals surface area (Å²) in [7, 11) is -3.00. The fourth-order valence-corrected chi connectivity index (χ4v) is 3.10. The average molecular weight is 191 g/mol. The van der Waals surface area contributed by atoms with Gasteiger partial charge in [-0.1, -0.05) is 6.92 Å². The third kappa shape index (κ3) is 2.45. The molecule has 3 nitrogen and oxygen atoms in total. The third-order valence-corrected chi connectivity index (χ3v) is 4.08. The van der Waals surface area contributed by atoms with E-state index < -0.39 is 10.0 Å². The van der Waals surface area contributed by atoms with E-state index in [2.05, 4.69) is 4.72 Å². The summed E-state index contributed by atoms with van der Waals surface area (Å²) in [6, 6.07) is 0. The molecule has 1 aliphatic rings. The van der Waals surface area contributed by atoms with Crippen molar-refractivity contribution in [1.82, 2.24) is 4.72 Å². The van der Waals surface area contributed by atoms with E-state index in [1.54, 1.807) is 0 Å². The molecular weight excluding hydrogens is 174 g/mol. The van der Waals surface area contributed by atoms with Crippen LogP contribution in [0.25, 0.3) is 0 Å². The summed E-state index contributed by atoms with van der Waals surface area (Å²) in [4.78, 5) is 0. The van der Waals surface area contributed by atoms with Gasteiger partial charge in [-0.15, -0.1) is 0 Å². The second kappa shape index (κ2) is 3.34. The molecule has 1 aliphatic carbocycles. The lowest BCUT2D eigenvalue weighted by atomic mass is 9.80. The first-order chi connectivity index (χ1) is 5.47. The van der Waals surface area contributed by atoms with Gasteiger partial charge in [0, 0.05) is 5.54 Å². The van der Waals surface area contributed by atoms with E-state index in [4.69, 9.17) is 0 Å². The summed E-state index contributed by atoms with van der Waals surface area (Å²) in [6.45, 7) is 3.85. The van der Waals surface area contributed by atoms with Crippen LogP contribution in [0.4, 0.5) is 0 Å². The molecule has 1 N–H and O–H groups in total. The molecule has 0 aromatic carbocycles. The molecule has 0 bridgehead atoms. The standard InChI is InChI=1S/C8H17NO2S/c1-3-7-12(10,11)9-8(2)5-4-6-8/h9H,3-7H2,1-2H3. The molecule has 0 atom stereocenters. The molecule has 0 aromatic heterocycles. The van der Waals surface area contributed by atoms with Crippen molar-refractivity contribution < 1.29 is 8.42 Å². The van der Waals surface area contributed by atoms with Crippen LogP contribution in [-0.4, -0.2) is 19.7 Å². The van der Waals surface area contributed by atoms with Gasteiger partial charge in [0.25, 0.3) is 0 Å². The molecule has 0 aromatic rings. The summed E-state index contributed by atoms with van der Waals surface area (Å²) in [5.74, 6) is 0.253. The van der Waals surface area contributed by atoms with Gasteiger partial charge in [0.15, 0.2) is 0 Å². The summed E-state index contributed by atoms with van der Waals surface area (Å²) in [6.07, 6.45) is 3.79. The largest absolute Gasteiger partial charge is 0.212 e. The number of hydrogen-bond acceptors (Lipinski definition) is 2. The smallest absolute Gasteiger partial charge is 0.212 e. The number of sulfonamides is 1. The molecule has 1 saturated carbocycles. The molecule has 12 heavy (non-hydrogen) atoms. The Kier molecular flexibility index (Phi) is 2.78. The number of rotatable bonds is 4. The van der Waals surface area contributed by atoms with E-state index in [0.29, 0.717) is 6.42 Å². The van der Waals surface area contributed by atoms with Crippen molar-refractivity contribution in [3.63, 3.8) is 0 Å². The molecule has 4 heteroatoms. The maximum atomic E-state index is 11.3. The van der Waals surface area contributed by atoms with Gasteiger partial charge in [-0.25, -0.2) is 13.1 Å². The first-order valence-corrected chi connectivity index (χ1v) is 6.14. The molecule has 1 fully saturated rings.